The number of phenolic OH excluding ortho intramolecular Hbond substituents is 2. The summed E-state index contributed by atoms with van der Waals surface area (Å²) in [6.07, 6.45) is 2.48. The molecule has 5 nitrogen and oxygen atoms in total. The molecule has 0 bridgehead atoms. The van der Waals surface area contributed by atoms with Crippen LogP contribution in [0.2, 0.25) is 0 Å². The fourth-order valence-corrected chi connectivity index (χ4v) is 2.05. The zero-order valence-corrected chi connectivity index (χ0v) is 11.3. The summed E-state index contributed by atoms with van der Waals surface area (Å²) in [7, 11) is 0. The summed E-state index contributed by atoms with van der Waals surface area (Å²) >= 11 is 0. The lowest BCUT2D eigenvalue weighted by molar-refractivity contribution is 0.404. The first-order valence-electron chi connectivity index (χ1n) is 6.72. The number of rotatable bonds is 4. The average molecular weight is 271 g/mol. The van der Waals surface area contributed by atoms with E-state index in [0.29, 0.717) is 17.4 Å². The van der Waals surface area contributed by atoms with Gasteiger partial charge in [-0.2, -0.15) is 0 Å². The van der Waals surface area contributed by atoms with Gasteiger partial charge in [0.1, 0.15) is 0 Å². The number of hydrogen-bond acceptors (Lipinski definition) is 5. The minimum Gasteiger partial charge on any atom is -0.504 e. The van der Waals surface area contributed by atoms with Crippen molar-refractivity contribution in [1.82, 2.24) is 15.3 Å². The summed E-state index contributed by atoms with van der Waals surface area (Å²) in [6.45, 7) is 2.65. The second-order valence-corrected chi connectivity index (χ2v) is 5.18. The first kappa shape index (κ1) is 12.9. The van der Waals surface area contributed by atoms with Crippen LogP contribution < -0.4 is 5.32 Å². The van der Waals surface area contributed by atoms with E-state index in [1.165, 1.54) is 25.0 Å². The van der Waals surface area contributed by atoms with Gasteiger partial charge in [-0.25, -0.2) is 9.97 Å². The van der Waals surface area contributed by atoms with Crippen molar-refractivity contribution in [1.29, 1.82) is 0 Å². The number of aromatic hydroxyl groups is 2. The molecule has 20 heavy (non-hydrogen) atoms. The molecule has 1 fully saturated rings. The van der Waals surface area contributed by atoms with Crippen molar-refractivity contribution < 1.29 is 10.2 Å². The van der Waals surface area contributed by atoms with Crippen molar-refractivity contribution in [2.75, 3.05) is 0 Å². The summed E-state index contributed by atoms with van der Waals surface area (Å²) in [4.78, 5) is 8.89. The Bertz CT molecular complexity index is 639. The van der Waals surface area contributed by atoms with E-state index in [9.17, 15) is 10.2 Å². The van der Waals surface area contributed by atoms with Crippen LogP contribution in [-0.2, 0) is 6.54 Å². The zero-order chi connectivity index (χ0) is 14.1. The topological polar surface area (TPSA) is 78.3 Å². The molecule has 0 saturated heterocycles. The van der Waals surface area contributed by atoms with Gasteiger partial charge in [0.15, 0.2) is 17.3 Å². The third kappa shape index (κ3) is 2.88. The van der Waals surface area contributed by atoms with Crippen molar-refractivity contribution in [3.63, 3.8) is 0 Å². The van der Waals surface area contributed by atoms with Gasteiger partial charge in [0.2, 0.25) is 0 Å². The Morgan fingerprint density at radius 1 is 1.15 bits per heavy atom. The molecule has 0 atom stereocenters. The first-order chi connectivity index (χ1) is 9.61. The Morgan fingerprint density at radius 2 is 1.95 bits per heavy atom. The Kier molecular flexibility index (Phi) is 3.28. The normalized spacial score (nSPS) is 14.4. The maximum Gasteiger partial charge on any atom is 0.159 e. The van der Waals surface area contributed by atoms with E-state index in [4.69, 9.17) is 0 Å². The van der Waals surface area contributed by atoms with E-state index in [-0.39, 0.29) is 11.5 Å². The largest absolute Gasteiger partial charge is 0.504 e. The third-order valence-electron chi connectivity index (χ3n) is 3.29. The van der Waals surface area contributed by atoms with Crippen molar-refractivity contribution >= 4 is 0 Å². The smallest absolute Gasteiger partial charge is 0.159 e. The lowest BCUT2D eigenvalue weighted by Gasteiger charge is -2.08. The summed E-state index contributed by atoms with van der Waals surface area (Å²) in [5, 5.41) is 22.3. The second-order valence-electron chi connectivity index (χ2n) is 5.18. The van der Waals surface area contributed by atoms with Crippen LogP contribution in [0.4, 0.5) is 0 Å². The van der Waals surface area contributed by atoms with Crippen LogP contribution >= 0.6 is 0 Å². The van der Waals surface area contributed by atoms with E-state index < -0.39 is 0 Å². The number of nitrogens with one attached hydrogen (secondary N) is 1. The van der Waals surface area contributed by atoms with Crippen molar-refractivity contribution in [3.05, 3.63) is 35.7 Å². The molecule has 0 aliphatic heterocycles. The number of phenols is 2. The number of benzene rings is 1. The van der Waals surface area contributed by atoms with Gasteiger partial charge in [-0.15, -0.1) is 0 Å². The maximum absolute atomic E-state index is 9.57. The van der Waals surface area contributed by atoms with E-state index in [2.05, 4.69) is 15.3 Å². The fraction of sp³-hybridized carbons (Fsp3) is 0.333. The summed E-state index contributed by atoms with van der Waals surface area (Å²) in [5.74, 6) is 0.259. The van der Waals surface area contributed by atoms with E-state index >= 15 is 0 Å². The van der Waals surface area contributed by atoms with E-state index in [0.717, 1.165) is 17.9 Å². The molecule has 1 aromatic heterocycles. The molecule has 104 valence electrons. The highest BCUT2D eigenvalue weighted by atomic mass is 16.3. The molecule has 0 spiro atoms. The standard InChI is InChI=1S/C15H17N3O2/c1-9-6-12(8-16-11-3-4-11)18-15(17-9)10-2-5-13(19)14(20)7-10/h2,5-7,11,16,19-20H,3-4,8H2,1H3. The first-order valence-corrected chi connectivity index (χ1v) is 6.72. The SMILES string of the molecule is Cc1cc(CNC2CC2)nc(-c2ccc(O)c(O)c2)n1. The second kappa shape index (κ2) is 5.09. The average Bonchev–Trinajstić information content (AvgIpc) is 3.23. The lowest BCUT2D eigenvalue weighted by atomic mass is 10.1. The van der Waals surface area contributed by atoms with Crippen LogP contribution in [0, 0.1) is 6.92 Å². The summed E-state index contributed by atoms with van der Waals surface area (Å²) < 4.78 is 0. The predicted molar refractivity (Wildman–Crippen MR) is 75.4 cm³/mol. The molecular formula is C15H17N3O2. The molecule has 0 radical (unpaired) electrons. The predicted octanol–water partition coefficient (Wildman–Crippen LogP) is 2.12. The van der Waals surface area contributed by atoms with Gasteiger partial charge < -0.3 is 15.5 Å². The maximum atomic E-state index is 9.57. The molecule has 3 rings (SSSR count). The monoisotopic (exact) mass is 271 g/mol. The molecule has 5 heteroatoms. The Hall–Kier alpha value is -2.14. The number of aryl methyl sites for hydroxylation is 1. The van der Waals surface area contributed by atoms with Gasteiger partial charge in [0.25, 0.3) is 0 Å². The van der Waals surface area contributed by atoms with Crippen LogP contribution in [0.3, 0.4) is 0 Å². The van der Waals surface area contributed by atoms with E-state index in [1.807, 2.05) is 13.0 Å². The third-order valence-corrected chi connectivity index (χ3v) is 3.29. The van der Waals surface area contributed by atoms with Crippen LogP contribution in [0.1, 0.15) is 24.2 Å². The van der Waals surface area contributed by atoms with E-state index in [1.54, 1.807) is 6.07 Å². The Balaban J connectivity index is 1.88. The highest BCUT2D eigenvalue weighted by Gasteiger charge is 2.20. The van der Waals surface area contributed by atoms with Gasteiger partial charge in [-0.1, -0.05) is 0 Å². The zero-order valence-electron chi connectivity index (χ0n) is 11.3. The molecule has 1 aliphatic carbocycles. The fourth-order valence-electron chi connectivity index (χ4n) is 2.05. The number of nitrogens with zero attached hydrogens (tertiary/aromatic N) is 2. The molecule has 3 N–H and O–H groups in total. The Labute approximate surface area is 117 Å². The van der Waals surface area contributed by atoms with Crippen LogP contribution in [0.25, 0.3) is 11.4 Å². The van der Waals surface area contributed by atoms with Gasteiger partial charge >= 0.3 is 0 Å². The quantitative estimate of drug-likeness (QED) is 0.742. The van der Waals surface area contributed by atoms with Crippen molar-refractivity contribution in [3.8, 4) is 22.9 Å². The van der Waals surface area contributed by atoms with Gasteiger partial charge in [-0.3, -0.25) is 0 Å². The highest BCUT2D eigenvalue weighted by molar-refractivity contribution is 5.60. The molecule has 2 aromatic rings. The van der Waals surface area contributed by atoms with Gasteiger partial charge in [-0.05, 0) is 44.0 Å². The molecule has 0 unspecified atom stereocenters. The lowest BCUT2D eigenvalue weighted by Crippen LogP contribution is -2.16. The summed E-state index contributed by atoms with van der Waals surface area (Å²) in [5.41, 5.74) is 2.51. The molecule has 1 aromatic carbocycles. The number of hydrogen-bond donors (Lipinski definition) is 3. The van der Waals surface area contributed by atoms with Crippen LogP contribution in [0.5, 0.6) is 11.5 Å². The minimum atomic E-state index is -0.162. The Morgan fingerprint density at radius 3 is 2.65 bits per heavy atom. The molecule has 1 aliphatic rings. The van der Waals surface area contributed by atoms with Crippen molar-refractivity contribution in [2.45, 2.75) is 32.4 Å². The molecule has 1 heterocycles. The molecule has 0 amide bonds. The van der Waals surface area contributed by atoms with Gasteiger partial charge in [0, 0.05) is 23.8 Å². The summed E-state index contributed by atoms with van der Waals surface area (Å²) in [6, 6.07) is 7.20. The van der Waals surface area contributed by atoms with Gasteiger partial charge in [0.05, 0.1) is 5.69 Å². The molecular weight excluding hydrogens is 254 g/mol. The van der Waals surface area contributed by atoms with Crippen molar-refractivity contribution in [2.24, 2.45) is 0 Å². The molecule has 1 saturated carbocycles. The number of aromatic nitrogens is 2. The minimum absolute atomic E-state index is 0.142. The highest BCUT2D eigenvalue weighted by Crippen LogP contribution is 2.29. The van der Waals surface area contributed by atoms with Crippen LogP contribution in [-0.4, -0.2) is 26.2 Å². The van der Waals surface area contributed by atoms with Crippen LogP contribution in [0.15, 0.2) is 24.3 Å².